The third-order valence-corrected chi connectivity index (χ3v) is 5.61. The number of nitrogens with one attached hydrogen (secondary N) is 2. The van der Waals surface area contributed by atoms with Gasteiger partial charge in [0.05, 0.1) is 25.9 Å². The number of hydrogen-bond acceptors (Lipinski definition) is 6. The van der Waals surface area contributed by atoms with Crippen LogP contribution in [0.15, 0.2) is 48.5 Å². The first-order valence-corrected chi connectivity index (χ1v) is 10.8. The molecule has 8 nitrogen and oxygen atoms in total. The lowest BCUT2D eigenvalue weighted by molar-refractivity contribution is -0.117. The lowest BCUT2D eigenvalue weighted by Crippen LogP contribution is -2.48. The van der Waals surface area contributed by atoms with Crippen molar-refractivity contribution in [2.24, 2.45) is 0 Å². The molecule has 0 saturated carbocycles. The number of para-hydroxylation sites is 1. The number of rotatable bonds is 7. The maximum Gasteiger partial charge on any atom is 0.356 e. The van der Waals surface area contributed by atoms with E-state index in [1.165, 1.54) is 5.69 Å². The number of H-pyrrole nitrogens is 1. The number of esters is 1. The summed E-state index contributed by atoms with van der Waals surface area (Å²) in [5.41, 5.74) is 2.58. The Bertz CT molecular complexity index is 1090. The zero-order valence-electron chi connectivity index (χ0n) is 18.4. The van der Waals surface area contributed by atoms with Crippen LogP contribution >= 0.6 is 0 Å². The van der Waals surface area contributed by atoms with E-state index in [1.807, 2.05) is 24.3 Å². The van der Waals surface area contributed by atoms with Gasteiger partial charge in [0.15, 0.2) is 0 Å². The van der Waals surface area contributed by atoms with Gasteiger partial charge in [0, 0.05) is 42.8 Å². The van der Waals surface area contributed by atoms with Crippen molar-refractivity contribution in [3.8, 4) is 5.75 Å². The molecule has 1 saturated heterocycles. The number of benzene rings is 2. The molecule has 0 radical (unpaired) electrons. The minimum atomic E-state index is -0.505. The summed E-state index contributed by atoms with van der Waals surface area (Å²) in [4.78, 5) is 32.9. The summed E-state index contributed by atoms with van der Waals surface area (Å²) in [5.74, 6) is -0.0405. The number of aromatic amines is 1. The zero-order chi connectivity index (χ0) is 22.5. The monoisotopic (exact) mass is 436 g/mol. The summed E-state index contributed by atoms with van der Waals surface area (Å²) in [6, 6.07) is 15.7. The molecule has 0 unspecified atom stereocenters. The summed E-state index contributed by atoms with van der Waals surface area (Å²) >= 11 is 0. The van der Waals surface area contributed by atoms with Gasteiger partial charge in [0.25, 0.3) is 0 Å². The third-order valence-electron chi connectivity index (χ3n) is 5.61. The van der Waals surface area contributed by atoms with Gasteiger partial charge in [0.1, 0.15) is 11.4 Å². The number of carbonyl (C=O) groups is 2. The van der Waals surface area contributed by atoms with Crippen LogP contribution in [0.25, 0.3) is 10.9 Å². The minimum Gasteiger partial charge on any atom is -0.497 e. The summed E-state index contributed by atoms with van der Waals surface area (Å²) in [6.45, 7) is 5.53. The SMILES string of the molecule is CCOC(=O)c1[nH]c2ccc(OC)cc2c1NC(=O)CN1CCN(c2ccccc2)CC1. The molecule has 2 heterocycles. The molecule has 0 aliphatic carbocycles. The molecule has 0 atom stereocenters. The molecular weight excluding hydrogens is 408 g/mol. The Morgan fingerprint density at radius 2 is 1.81 bits per heavy atom. The smallest absolute Gasteiger partial charge is 0.356 e. The predicted molar refractivity (Wildman–Crippen MR) is 125 cm³/mol. The molecule has 3 aromatic rings. The van der Waals surface area contributed by atoms with E-state index in [0.29, 0.717) is 16.8 Å². The summed E-state index contributed by atoms with van der Waals surface area (Å²) in [6.07, 6.45) is 0. The molecule has 0 spiro atoms. The molecule has 168 valence electrons. The first-order chi connectivity index (χ1) is 15.6. The molecule has 8 heteroatoms. The highest BCUT2D eigenvalue weighted by Crippen LogP contribution is 2.31. The zero-order valence-corrected chi connectivity index (χ0v) is 18.4. The van der Waals surface area contributed by atoms with Gasteiger partial charge in [0.2, 0.25) is 5.91 Å². The molecular formula is C24H28N4O4. The van der Waals surface area contributed by atoms with E-state index < -0.39 is 5.97 Å². The van der Waals surface area contributed by atoms with Crippen LogP contribution in [-0.2, 0) is 9.53 Å². The number of fused-ring (bicyclic) bond motifs is 1. The van der Waals surface area contributed by atoms with Crippen molar-refractivity contribution in [1.82, 2.24) is 9.88 Å². The van der Waals surface area contributed by atoms with Crippen molar-refractivity contribution in [3.63, 3.8) is 0 Å². The quantitative estimate of drug-likeness (QED) is 0.554. The Hall–Kier alpha value is -3.52. The summed E-state index contributed by atoms with van der Waals surface area (Å²) < 4.78 is 10.5. The summed E-state index contributed by atoms with van der Waals surface area (Å²) in [5, 5.41) is 3.64. The van der Waals surface area contributed by atoms with E-state index in [4.69, 9.17) is 9.47 Å². The maximum atomic E-state index is 12.9. The number of amides is 1. The fraction of sp³-hybridized carbons (Fsp3) is 0.333. The number of nitrogens with zero attached hydrogens (tertiary/aromatic N) is 2. The van der Waals surface area contributed by atoms with Gasteiger partial charge < -0.3 is 24.7 Å². The molecule has 1 aliphatic heterocycles. The number of methoxy groups -OCH3 is 1. The van der Waals surface area contributed by atoms with Crippen LogP contribution < -0.4 is 15.0 Å². The second-order valence-corrected chi connectivity index (χ2v) is 7.65. The van der Waals surface area contributed by atoms with Gasteiger partial charge in [-0.15, -0.1) is 0 Å². The fourth-order valence-electron chi connectivity index (χ4n) is 3.97. The Balaban J connectivity index is 1.46. The maximum absolute atomic E-state index is 12.9. The second-order valence-electron chi connectivity index (χ2n) is 7.65. The highest BCUT2D eigenvalue weighted by Gasteiger charge is 2.23. The number of piperazine rings is 1. The van der Waals surface area contributed by atoms with Gasteiger partial charge in [-0.25, -0.2) is 4.79 Å². The van der Waals surface area contributed by atoms with Crippen molar-refractivity contribution in [1.29, 1.82) is 0 Å². The molecule has 1 aliphatic rings. The van der Waals surface area contributed by atoms with Gasteiger partial charge in [-0.05, 0) is 37.3 Å². The summed E-state index contributed by atoms with van der Waals surface area (Å²) in [7, 11) is 1.58. The molecule has 2 aromatic carbocycles. The van der Waals surface area contributed by atoms with Crippen molar-refractivity contribution < 1.29 is 19.1 Å². The Morgan fingerprint density at radius 1 is 1.06 bits per heavy atom. The molecule has 2 N–H and O–H groups in total. The van der Waals surface area contributed by atoms with E-state index in [9.17, 15) is 9.59 Å². The van der Waals surface area contributed by atoms with Crippen LogP contribution in [0, 0.1) is 0 Å². The highest BCUT2D eigenvalue weighted by molar-refractivity contribution is 6.11. The number of aromatic nitrogens is 1. The molecule has 32 heavy (non-hydrogen) atoms. The van der Waals surface area contributed by atoms with E-state index in [2.05, 4.69) is 32.2 Å². The molecule has 1 amide bonds. The lowest BCUT2D eigenvalue weighted by atomic mass is 10.2. The number of carbonyl (C=O) groups excluding carboxylic acids is 2. The van der Waals surface area contributed by atoms with Crippen LogP contribution in [0.2, 0.25) is 0 Å². The van der Waals surface area contributed by atoms with E-state index in [-0.39, 0.29) is 24.8 Å². The largest absolute Gasteiger partial charge is 0.497 e. The van der Waals surface area contributed by atoms with Gasteiger partial charge in [-0.3, -0.25) is 9.69 Å². The minimum absolute atomic E-state index is 0.174. The Labute approximate surface area is 187 Å². The van der Waals surface area contributed by atoms with E-state index in [0.717, 1.165) is 31.7 Å². The standard InChI is InChI=1S/C24H28N4O4/c1-3-32-24(30)23-22(19-15-18(31-2)9-10-20(19)25-23)26-21(29)16-27-11-13-28(14-12-27)17-7-5-4-6-8-17/h4-10,15,25H,3,11-14,16H2,1-2H3,(H,26,29). The van der Waals surface area contributed by atoms with Crippen molar-refractivity contribution in [3.05, 3.63) is 54.2 Å². The van der Waals surface area contributed by atoms with Crippen molar-refractivity contribution >= 4 is 34.2 Å². The van der Waals surface area contributed by atoms with Crippen LogP contribution in [0.4, 0.5) is 11.4 Å². The topological polar surface area (TPSA) is 86.9 Å². The normalized spacial score (nSPS) is 14.4. The molecule has 1 fully saturated rings. The van der Waals surface area contributed by atoms with Gasteiger partial charge >= 0.3 is 5.97 Å². The third kappa shape index (κ3) is 4.70. The van der Waals surface area contributed by atoms with Crippen LogP contribution in [-0.4, -0.2) is 68.2 Å². The van der Waals surface area contributed by atoms with Gasteiger partial charge in [-0.2, -0.15) is 0 Å². The van der Waals surface area contributed by atoms with Crippen LogP contribution in [0.5, 0.6) is 5.75 Å². The van der Waals surface area contributed by atoms with Crippen molar-refractivity contribution in [2.45, 2.75) is 6.92 Å². The van der Waals surface area contributed by atoms with Crippen LogP contribution in [0.3, 0.4) is 0 Å². The second kappa shape index (κ2) is 9.74. The Morgan fingerprint density at radius 3 is 2.50 bits per heavy atom. The number of hydrogen-bond donors (Lipinski definition) is 2. The number of anilines is 2. The van der Waals surface area contributed by atoms with Crippen molar-refractivity contribution in [2.75, 3.05) is 56.7 Å². The van der Waals surface area contributed by atoms with E-state index >= 15 is 0 Å². The average molecular weight is 437 g/mol. The average Bonchev–Trinajstić information content (AvgIpc) is 3.17. The first kappa shape index (κ1) is 21.7. The molecule has 1 aromatic heterocycles. The molecule has 0 bridgehead atoms. The highest BCUT2D eigenvalue weighted by atomic mass is 16.5. The van der Waals surface area contributed by atoms with Crippen LogP contribution in [0.1, 0.15) is 17.4 Å². The van der Waals surface area contributed by atoms with Gasteiger partial charge in [-0.1, -0.05) is 18.2 Å². The lowest BCUT2D eigenvalue weighted by Gasteiger charge is -2.35. The predicted octanol–water partition coefficient (Wildman–Crippen LogP) is 3.11. The molecule has 4 rings (SSSR count). The first-order valence-electron chi connectivity index (χ1n) is 10.8. The Kier molecular flexibility index (Phi) is 6.61. The van der Waals surface area contributed by atoms with E-state index in [1.54, 1.807) is 26.2 Å². The number of ether oxygens (including phenoxy) is 2. The fourth-order valence-corrected chi connectivity index (χ4v) is 3.97.